The second-order valence-corrected chi connectivity index (χ2v) is 9.63. The molecule has 210 valence electrons. The van der Waals surface area contributed by atoms with Crippen LogP contribution in [0.3, 0.4) is 0 Å². The number of carbonyl (C=O) groups is 2. The minimum Gasteiger partial charge on any atom is -0.493 e. The van der Waals surface area contributed by atoms with Gasteiger partial charge in [-0.25, -0.2) is 0 Å². The Morgan fingerprint density at radius 1 is 0.605 bits per heavy atom. The maximum Gasteiger partial charge on any atom is 0.305 e. The zero-order chi connectivity index (χ0) is 27.6. The number of benzene rings is 2. The van der Waals surface area contributed by atoms with E-state index in [0.717, 1.165) is 98.0 Å². The molecule has 0 amide bonds. The summed E-state index contributed by atoms with van der Waals surface area (Å²) in [4.78, 5) is 23.2. The van der Waals surface area contributed by atoms with Crippen molar-refractivity contribution in [2.75, 3.05) is 27.4 Å². The Morgan fingerprint density at radius 3 is 1.39 bits per heavy atom. The number of methoxy groups -OCH3 is 2. The fourth-order valence-corrected chi connectivity index (χ4v) is 4.28. The van der Waals surface area contributed by atoms with Crippen LogP contribution in [0.1, 0.15) is 89.2 Å². The van der Waals surface area contributed by atoms with Gasteiger partial charge >= 0.3 is 11.9 Å². The summed E-state index contributed by atoms with van der Waals surface area (Å²) in [5, 5.41) is 0. The third-order valence-electron chi connectivity index (χ3n) is 6.54. The Kier molecular flexibility index (Phi) is 15.0. The summed E-state index contributed by atoms with van der Waals surface area (Å²) in [6.07, 6.45) is 10.3. The maximum absolute atomic E-state index is 11.6. The van der Waals surface area contributed by atoms with E-state index in [1.165, 1.54) is 14.2 Å². The van der Waals surface area contributed by atoms with Crippen molar-refractivity contribution in [3.8, 4) is 22.6 Å². The van der Waals surface area contributed by atoms with Crippen LogP contribution in [-0.4, -0.2) is 39.4 Å². The Labute approximate surface area is 229 Å². The minimum absolute atomic E-state index is 0.191. The molecule has 0 radical (unpaired) electrons. The average molecular weight is 527 g/mol. The van der Waals surface area contributed by atoms with E-state index in [9.17, 15) is 9.59 Å². The van der Waals surface area contributed by atoms with Crippen LogP contribution in [-0.2, 0) is 31.9 Å². The standard InChI is InChI=1S/C32H46O6/c1-5-7-9-21-37-29-19-17-25(13-11-15-31(33)35-3)23-27(29)28-24-26(14-12-16-32(34)36-4)18-20-30(28)38-22-10-8-6-2/h17-20,23-24H,5-16,21-22H2,1-4H3. The maximum atomic E-state index is 11.6. The Morgan fingerprint density at radius 2 is 1.03 bits per heavy atom. The number of rotatable bonds is 19. The lowest BCUT2D eigenvalue weighted by Gasteiger charge is -2.18. The van der Waals surface area contributed by atoms with Crippen LogP contribution in [0.4, 0.5) is 0 Å². The first kappa shape index (κ1) is 31.2. The van der Waals surface area contributed by atoms with Gasteiger partial charge in [-0.05, 0) is 73.9 Å². The van der Waals surface area contributed by atoms with Crippen LogP contribution in [0.15, 0.2) is 36.4 Å². The van der Waals surface area contributed by atoms with Gasteiger partial charge in [0.2, 0.25) is 0 Å². The molecule has 0 saturated heterocycles. The molecule has 2 aromatic rings. The van der Waals surface area contributed by atoms with E-state index in [2.05, 4.69) is 38.1 Å². The molecule has 0 spiro atoms. The molecule has 0 aliphatic rings. The predicted octanol–water partition coefficient (Wildman–Crippen LogP) is 7.48. The number of carbonyl (C=O) groups excluding carboxylic acids is 2. The first-order valence-electron chi connectivity index (χ1n) is 14.2. The van der Waals surface area contributed by atoms with Gasteiger partial charge in [0.1, 0.15) is 11.5 Å². The number of aryl methyl sites for hydroxylation is 2. The lowest BCUT2D eigenvalue weighted by molar-refractivity contribution is -0.141. The van der Waals surface area contributed by atoms with Gasteiger partial charge < -0.3 is 18.9 Å². The largest absolute Gasteiger partial charge is 0.493 e. The second-order valence-electron chi connectivity index (χ2n) is 9.63. The molecule has 0 aliphatic carbocycles. The van der Waals surface area contributed by atoms with Crippen molar-refractivity contribution in [3.63, 3.8) is 0 Å². The SMILES string of the molecule is CCCCCOc1ccc(CCCC(=O)OC)cc1-c1cc(CCCC(=O)OC)ccc1OCCCCC. The van der Waals surface area contributed by atoms with Crippen LogP contribution in [0.25, 0.3) is 11.1 Å². The summed E-state index contributed by atoms with van der Waals surface area (Å²) in [5.74, 6) is 1.29. The van der Waals surface area contributed by atoms with Crippen LogP contribution >= 0.6 is 0 Å². The monoisotopic (exact) mass is 526 g/mol. The Balaban J connectivity index is 2.39. The third kappa shape index (κ3) is 11.2. The fraction of sp³-hybridized carbons (Fsp3) is 0.562. The van der Waals surface area contributed by atoms with Crippen LogP contribution < -0.4 is 9.47 Å². The minimum atomic E-state index is -0.191. The van der Waals surface area contributed by atoms with E-state index in [-0.39, 0.29) is 11.9 Å². The summed E-state index contributed by atoms with van der Waals surface area (Å²) in [6, 6.07) is 12.6. The molecule has 0 aromatic heterocycles. The zero-order valence-corrected chi connectivity index (χ0v) is 23.8. The molecule has 6 nitrogen and oxygen atoms in total. The highest BCUT2D eigenvalue weighted by Crippen LogP contribution is 2.39. The lowest BCUT2D eigenvalue weighted by atomic mass is 9.95. The van der Waals surface area contributed by atoms with E-state index >= 15 is 0 Å². The van der Waals surface area contributed by atoms with Crippen LogP contribution in [0.2, 0.25) is 0 Å². The van der Waals surface area contributed by atoms with Gasteiger partial charge in [0.25, 0.3) is 0 Å². The molecule has 0 fully saturated rings. The highest BCUT2D eigenvalue weighted by molar-refractivity contribution is 5.77. The Hall–Kier alpha value is -3.02. The van der Waals surface area contributed by atoms with Crippen LogP contribution in [0.5, 0.6) is 11.5 Å². The topological polar surface area (TPSA) is 71.1 Å². The van der Waals surface area contributed by atoms with Crippen LogP contribution in [0, 0.1) is 0 Å². The molecule has 2 aromatic carbocycles. The van der Waals surface area contributed by atoms with E-state index in [1.807, 2.05) is 12.1 Å². The molecule has 0 aliphatic heterocycles. The van der Waals surface area contributed by atoms with E-state index < -0.39 is 0 Å². The van der Waals surface area contributed by atoms with Gasteiger partial charge in [0.05, 0.1) is 27.4 Å². The zero-order valence-electron chi connectivity index (χ0n) is 23.8. The molecule has 0 unspecified atom stereocenters. The van der Waals surface area contributed by atoms with Crippen molar-refractivity contribution in [2.24, 2.45) is 0 Å². The molecular weight excluding hydrogens is 480 g/mol. The van der Waals surface area contributed by atoms with Gasteiger partial charge in [0.15, 0.2) is 0 Å². The van der Waals surface area contributed by atoms with Crippen molar-refractivity contribution in [3.05, 3.63) is 47.5 Å². The molecule has 0 bridgehead atoms. The number of hydrogen-bond acceptors (Lipinski definition) is 6. The number of unbranched alkanes of at least 4 members (excludes halogenated alkanes) is 4. The molecule has 0 atom stereocenters. The summed E-state index contributed by atoms with van der Waals surface area (Å²) in [7, 11) is 2.84. The molecular formula is C32H46O6. The fourth-order valence-electron chi connectivity index (χ4n) is 4.28. The summed E-state index contributed by atoms with van der Waals surface area (Å²) in [6.45, 7) is 5.69. The smallest absolute Gasteiger partial charge is 0.305 e. The Bertz CT molecular complexity index is 904. The number of esters is 2. The van der Waals surface area contributed by atoms with Crippen molar-refractivity contribution in [2.45, 2.75) is 90.9 Å². The molecule has 0 saturated carbocycles. The molecule has 6 heteroatoms. The second kappa shape index (κ2) is 18.3. The lowest BCUT2D eigenvalue weighted by Crippen LogP contribution is -2.04. The first-order valence-corrected chi connectivity index (χ1v) is 14.2. The first-order chi connectivity index (χ1) is 18.5. The van der Waals surface area contributed by atoms with Gasteiger partial charge in [-0.3, -0.25) is 9.59 Å². The van der Waals surface area contributed by atoms with Gasteiger partial charge in [0, 0.05) is 24.0 Å². The van der Waals surface area contributed by atoms with Gasteiger partial charge in [-0.1, -0.05) is 51.7 Å². The highest BCUT2D eigenvalue weighted by Gasteiger charge is 2.15. The average Bonchev–Trinajstić information content (AvgIpc) is 2.94. The van der Waals surface area contributed by atoms with E-state index in [0.29, 0.717) is 26.1 Å². The normalized spacial score (nSPS) is 10.7. The summed E-state index contributed by atoms with van der Waals surface area (Å²) < 4.78 is 22.2. The van der Waals surface area contributed by atoms with Crippen molar-refractivity contribution in [1.29, 1.82) is 0 Å². The number of ether oxygens (including phenoxy) is 4. The molecule has 38 heavy (non-hydrogen) atoms. The van der Waals surface area contributed by atoms with Crippen molar-refractivity contribution in [1.82, 2.24) is 0 Å². The predicted molar refractivity (Wildman–Crippen MR) is 152 cm³/mol. The van der Waals surface area contributed by atoms with E-state index in [4.69, 9.17) is 18.9 Å². The molecule has 0 N–H and O–H groups in total. The van der Waals surface area contributed by atoms with Gasteiger partial charge in [-0.2, -0.15) is 0 Å². The molecule has 0 heterocycles. The quantitative estimate of drug-likeness (QED) is 0.140. The van der Waals surface area contributed by atoms with E-state index in [1.54, 1.807) is 0 Å². The summed E-state index contributed by atoms with van der Waals surface area (Å²) in [5.41, 5.74) is 4.27. The van der Waals surface area contributed by atoms with Crippen molar-refractivity contribution < 1.29 is 28.5 Å². The third-order valence-corrected chi connectivity index (χ3v) is 6.54. The van der Waals surface area contributed by atoms with Crippen molar-refractivity contribution >= 4 is 11.9 Å². The highest BCUT2D eigenvalue weighted by atomic mass is 16.5. The van der Waals surface area contributed by atoms with Gasteiger partial charge in [-0.15, -0.1) is 0 Å². The number of hydrogen-bond donors (Lipinski definition) is 0. The molecule has 2 rings (SSSR count). The summed E-state index contributed by atoms with van der Waals surface area (Å²) >= 11 is 0.